The van der Waals surface area contributed by atoms with E-state index >= 15 is 0 Å². The maximum Gasteiger partial charge on any atom is 0.0919 e. The molecule has 0 bridgehead atoms. The molecule has 2 aromatic rings. The molecule has 25 heavy (non-hydrogen) atoms. The fraction of sp³-hybridized carbons (Fsp3) is 0.158. The Hall–Kier alpha value is -3.28. The Morgan fingerprint density at radius 3 is 1.44 bits per heavy atom. The Bertz CT molecular complexity index is 688. The molecule has 0 fully saturated rings. The zero-order chi connectivity index (χ0) is 17.7. The third kappa shape index (κ3) is 6.02. The van der Waals surface area contributed by atoms with Gasteiger partial charge in [-0.05, 0) is 6.42 Å². The molecule has 128 valence electrons. The van der Waals surface area contributed by atoms with Crippen LogP contribution in [0.4, 0.5) is 0 Å². The first kappa shape index (κ1) is 18.1. The molecule has 6 heteroatoms. The number of oxime groups is 2. The monoisotopic (exact) mass is 336 g/mol. The third-order valence-electron chi connectivity index (χ3n) is 3.38. The van der Waals surface area contributed by atoms with Crippen LogP contribution in [0, 0.1) is 0 Å². The predicted octanol–water partition coefficient (Wildman–Crippen LogP) is 3.28. The molecule has 0 saturated heterocycles. The van der Waals surface area contributed by atoms with Crippen molar-refractivity contribution >= 4 is 23.9 Å². The summed E-state index contributed by atoms with van der Waals surface area (Å²) >= 11 is 0. The van der Waals surface area contributed by atoms with E-state index in [4.69, 9.17) is 10.4 Å². The molecular weight excluding hydrogens is 316 g/mol. The quantitative estimate of drug-likeness (QED) is 0.335. The third-order valence-corrected chi connectivity index (χ3v) is 3.38. The van der Waals surface area contributed by atoms with E-state index in [0.29, 0.717) is 30.9 Å². The predicted molar refractivity (Wildman–Crippen MR) is 101 cm³/mol. The first-order valence-electron chi connectivity index (χ1n) is 7.89. The van der Waals surface area contributed by atoms with Crippen LogP contribution < -0.4 is 0 Å². The van der Waals surface area contributed by atoms with E-state index in [-0.39, 0.29) is 0 Å². The number of nitrogens with zero attached hydrogens (tertiary/aromatic N) is 4. The van der Waals surface area contributed by atoms with Crippen LogP contribution in [0.15, 0.2) is 81.0 Å². The van der Waals surface area contributed by atoms with Crippen LogP contribution in [0.1, 0.15) is 17.5 Å². The second-order valence-electron chi connectivity index (χ2n) is 5.11. The van der Waals surface area contributed by atoms with Gasteiger partial charge >= 0.3 is 0 Å². The first-order valence-corrected chi connectivity index (χ1v) is 7.89. The molecule has 2 aromatic carbocycles. The first-order chi connectivity index (χ1) is 12.3. The lowest BCUT2D eigenvalue weighted by Crippen LogP contribution is -2.06. The van der Waals surface area contributed by atoms with Crippen molar-refractivity contribution in [2.45, 2.75) is 6.42 Å². The van der Waals surface area contributed by atoms with Crippen molar-refractivity contribution in [3.63, 3.8) is 0 Å². The molecule has 0 aliphatic heterocycles. The summed E-state index contributed by atoms with van der Waals surface area (Å²) in [5.41, 5.74) is 3.02. The molecule has 0 unspecified atom stereocenters. The van der Waals surface area contributed by atoms with E-state index in [2.05, 4.69) is 20.3 Å². The summed E-state index contributed by atoms with van der Waals surface area (Å²) in [4.78, 5) is 8.91. The second-order valence-corrected chi connectivity index (χ2v) is 5.11. The Morgan fingerprint density at radius 2 is 1.08 bits per heavy atom. The van der Waals surface area contributed by atoms with Gasteiger partial charge in [-0.15, -0.1) is 0 Å². The molecule has 0 heterocycles. The van der Waals surface area contributed by atoms with Crippen LogP contribution in [0.25, 0.3) is 0 Å². The smallest absolute Gasteiger partial charge is 0.0919 e. The van der Waals surface area contributed by atoms with Gasteiger partial charge in [-0.2, -0.15) is 0 Å². The fourth-order valence-corrected chi connectivity index (χ4v) is 2.21. The Labute approximate surface area is 146 Å². The van der Waals surface area contributed by atoms with Crippen molar-refractivity contribution in [1.82, 2.24) is 0 Å². The molecule has 0 saturated carbocycles. The summed E-state index contributed by atoms with van der Waals surface area (Å²) in [7, 11) is 0. The molecule has 0 amide bonds. The highest BCUT2D eigenvalue weighted by Gasteiger charge is 2.01. The van der Waals surface area contributed by atoms with Crippen LogP contribution in [-0.2, 0) is 0 Å². The lowest BCUT2D eigenvalue weighted by molar-refractivity contribution is 0.322. The molecule has 0 atom stereocenters. The molecule has 2 N–H and O–H groups in total. The van der Waals surface area contributed by atoms with Crippen LogP contribution >= 0.6 is 0 Å². The fourth-order valence-electron chi connectivity index (χ4n) is 2.21. The van der Waals surface area contributed by atoms with Crippen molar-refractivity contribution in [1.29, 1.82) is 0 Å². The molecular formula is C19H20N4O2. The highest BCUT2D eigenvalue weighted by atomic mass is 16.4. The molecule has 0 aliphatic carbocycles. The number of benzene rings is 2. The average molecular weight is 336 g/mol. The lowest BCUT2D eigenvalue weighted by Gasteiger charge is -2.02. The normalized spacial score (nSPS) is 13.0. The van der Waals surface area contributed by atoms with E-state index in [1.54, 1.807) is 0 Å². The minimum absolute atomic E-state index is 0.540. The molecule has 6 nitrogen and oxygen atoms in total. The van der Waals surface area contributed by atoms with Crippen molar-refractivity contribution < 1.29 is 10.4 Å². The largest absolute Gasteiger partial charge is 0.411 e. The molecule has 0 aromatic heterocycles. The van der Waals surface area contributed by atoms with Gasteiger partial charge in [-0.25, -0.2) is 0 Å². The summed E-state index contributed by atoms with van der Waals surface area (Å²) in [6.07, 6.45) is 3.37. The summed E-state index contributed by atoms with van der Waals surface area (Å²) in [5, 5.41) is 23.7. The lowest BCUT2D eigenvalue weighted by atomic mass is 10.1. The van der Waals surface area contributed by atoms with Gasteiger partial charge in [-0.3, -0.25) is 9.98 Å². The number of rotatable bonds is 8. The maximum atomic E-state index is 8.79. The minimum Gasteiger partial charge on any atom is -0.411 e. The summed E-state index contributed by atoms with van der Waals surface area (Å²) in [6, 6.07) is 19.1. The van der Waals surface area contributed by atoms with Crippen molar-refractivity contribution in [3.05, 3.63) is 71.8 Å². The number of aliphatic imine (C=N–C) groups is 2. The zero-order valence-corrected chi connectivity index (χ0v) is 13.7. The van der Waals surface area contributed by atoms with Crippen LogP contribution in [0.5, 0.6) is 0 Å². The summed E-state index contributed by atoms with van der Waals surface area (Å²) in [6.45, 7) is 1.08. The van der Waals surface area contributed by atoms with Gasteiger partial charge in [0.25, 0.3) is 0 Å². The number of hydrogen-bond acceptors (Lipinski definition) is 6. The van der Waals surface area contributed by atoms with Crippen LogP contribution in [0.2, 0.25) is 0 Å². The van der Waals surface area contributed by atoms with E-state index in [0.717, 1.165) is 11.1 Å². The Morgan fingerprint density at radius 1 is 0.680 bits per heavy atom. The van der Waals surface area contributed by atoms with E-state index in [1.807, 2.05) is 60.7 Å². The topological polar surface area (TPSA) is 89.9 Å². The molecule has 0 radical (unpaired) electrons. The minimum atomic E-state index is 0.540. The molecule has 0 spiro atoms. The van der Waals surface area contributed by atoms with E-state index in [1.165, 1.54) is 12.4 Å². The Kier molecular flexibility index (Phi) is 7.58. The van der Waals surface area contributed by atoms with Gasteiger partial charge in [-0.1, -0.05) is 71.0 Å². The number of hydrogen-bond donors (Lipinski definition) is 2. The van der Waals surface area contributed by atoms with Gasteiger partial charge in [0.2, 0.25) is 0 Å². The SMILES string of the molecule is O/N=C/C(=NCCCN=C(/C=N/O)c1ccccc1)c1ccccc1. The van der Waals surface area contributed by atoms with E-state index in [9.17, 15) is 0 Å². The van der Waals surface area contributed by atoms with Crippen molar-refractivity contribution in [2.75, 3.05) is 13.1 Å². The van der Waals surface area contributed by atoms with Crippen molar-refractivity contribution in [3.8, 4) is 0 Å². The van der Waals surface area contributed by atoms with Crippen molar-refractivity contribution in [2.24, 2.45) is 20.3 Å². The zero-order valence-electron chi connectivity index (χ0n) is 13.7. The highest BCUT2D eigenvalue weighted by molar-refractivity contribution is 6.38. The summed E-state index contributed by atoms with van der Waals surface area (Å²) < 4.78 is 0. The van der Waals surface area contributed by atoms with Gasteiger partial charge < -0.3 is 10.4 Å². The highest BCUT2D eigenvalue weighted by Crippen LogP contribution is 2.02. The molecule has 0 aliphatic rings. The van der Waals surface area contributed by atoms with E-state index < -0.39 is 0 Å². The van der Waals surface area contributed by atoms with Crippen LogP contribution in [0.3, 0.4) is 0 Å². The standard InChI is InChI=1S/C19H20N4O2/c24-22-14-18(16-8-3-1-4-9-16)20-12-7-13-21-19(15-23-25)17-10-5-2-6-11-17/h1-6,8-11,14-15,24-25H,7,12-13H2/b20-18?,21-19?,22-14+,23-15+. The molecule has 2 rings (SSSR count). The second kappa shape index (κ2) is 10.5. The average Bonchev–Trinajstić information content (AvgIpc) is 2.67. The van der Waals surface area contributed by atoms with Gasteiger partial charge in [0, 0.05) is 24.2 Å². The van der Waals surface area contributed by atoms with Gasteiger partial charge in [0.15, 0.2) is 0 Å². The maximum absolute atomic E-state index is 8.79. The summed E-state index contributed by atoms with van der Waals surface area (Å²) in [5.74, 6) is 0. The van der Waals surface area contributed by atoms with Gasteiger partial charge in [0.1, 0.15) is 0 Å². The Balaban J connectivity index is 1.98. The van der Waals surface area contributed by atoms with Crippen LogP contribution in [-0.4, -0.2) is 47.4 Å². The van der Waals surface area contributed by atoms with Gasteiger partial charge in [0.05, 0.1) is 23.9 Å².